The molecule has 0 aliphatic rings. The molecule has 0 radical (unpaired) electrons. The normalized spacial score (nSPS) is 11.3. The Labute approximate surface area is 91.5 Å². The number of nitrogens with one attached hydrogen (secondary N) is 1. The molecule has 16 heavy (non-hydrogen) atoms. The van der Waals surface area contributed by atoms with Crippen LogP contribution in [0.25, 0.3) is 0 Å². The predicted molar refractivity (Wildman–Crippen MR) is 55.5 cm³/mol. The molecule has 1 N–H and O–H groups in total. The fourth-order valence-electron chi connectivity index (χ4n) is 1.09. The lowest BCUT2D eigenvalue weighted by Gasteiger charge is -2.19. The summed E-state index contributed by atoms with van der Waals surface area (Å²) in [6.45, 7) is -0.121. The highest BCUT2D eigenvalue weighted by atomic mass is 19.4. The molecular weight excluding hydrogens is 221 g/mol. The van der Waals surface area contributed by atoms with Crippen molar-refractivity contribution in [3.05, 3.63) is 12.3 Å². The monoisotopic (exact) mass is 234 g/mol. The second kappa shape index (κ2) is 5.00. The maximum Gasteiger partial charge on any atom is 0.390 e. The number of anilines is 2. The molecule has 0 unspecified atom stereocenters. The van der Waals surface area contributed by atoms with Gasteiger partial charge in [0, 0.05) is 26.8 Å². The van der Waals surface area contributed by atoms with E-state index in [-0.39, 0.29) is 6.54 Å². The van der Waals surface area contributed by atoms with Crippen LogP contribution in [-0.2, 0) is 0 Å². The molecule has 1 aromatic rings. The van der Waals surface area contributed by atoms with Crippen LogP contribution < -0.4 is 10.2 Å². The largest absolute Gasteiger partial charge is 0.390 e. The van der Waals surface area contributed by atoms with Crippen LogP contribution in [-0.4, -0.2) is 36.8 Å². The zero-order valence-corrected chi connectivity index (χ0v) is 9.04. The first-order valence-corrected chi connectivity index (χ1v) is 4.71. The first-order valence-electron chi connectivity index (χ1n) is 4.71. The Balaban J connectivity index is 2.62. The van der Waals surface area contributed by atoms with E-state index in [0.29, 0.717) is 11.8 Å². The Bertz CT molecular complexity index is 340. The third kappa shape index (κ3) is 3.92. The molecule has 90 valence electrons. The number of hydrogen-bond acceptors (Lipinski definition) is 4. The van der Waals surface area contributed by atoms with Crippen LogP contribution >= 0.6 is 0 Å². The SMILES string of the molecule is CNc1nccc(N(C)CCC(F)(F)F)n1. The van der Waals surface area contributed by atoms with Gasteiger partial charge in [0.05, 0.1) is 6.42 Å². The minimum Gasteiger partial charge on any atom is -0.359 e. The quantitative estimate of drug-likeness (QED) is 0.864. The molecule has 0 aliphatic heterocycles. The standard InChI is InChI=1S/C9H13F3N4/c1-13-8-14-5-3-7(15-8)16(2)6-4-9(10,11)12/h3,5H,4,6H2,1-2H3,(H,13,14,15). The van der Waals surface area contributed by atoms with Gasteiger partial charge in [-0.1, -0.05) is 0 Å². The number of halogens is 3. The van der Waals surface area contributed by atoms with Crippen molar-refractivity contribution < 1.29 is 13.2 Å². The first kappa shape index (κ1) is 12.5. The van der Waals surface area contributed by atoms with Gasteiger partial charge in [-0.05, 0) is 6.07 Å². The lowest BCUT2D eigenvalue weighted by atomic mass is 10.4. The summed E-state index contributed by atoms with van der Waals surface area (Å²) in [7, 11) is 3.21. The fourth-order valence-corrected chi connectivity index (χ4v) is 1.09. The van der Waals surface area contributed by atoms with Gasteiger partial charge in [-0.3, -0.25) is 0 Å². The molecule has 0 bridgehead atoms. The van der Waals surface area contributed by atoms with Crippen molar-refractivity contribution in [2.75, 3.05) is 30.9 Å². The van der Waals surface area contributed by atoms with Crippen LogP contribution in [0, 0.1) is 0 Å². The van der Waals surface area contributed by atoms with Crippen molar-refractivity contribution in [1.82, 2.24) is 9.97 Å². The van der Waals surface area contributed by atoms with Gasteiger partial charge in [-0.2, -0.15) is 18.2 Å². The summed E-state index contributed by atoms with van der Waals surface area (Å²) < 4.78 is 36.0. The minimum atomic E-state index is -4.15. The second-order valence-corrected chi connectivity index (χ2v) is 3.28. The van der Waals surface area contributed by atoms with Gasteiger partial charge in [-0.15, -0.1) is 0 Å². The van der Waals surface area contributed by atoms with E-state index in [9.17, 15) is 13.2 Å². The van der Waals surface area contributed by atoms with E-state index in [0.717, 1.165) is 0 Å². The van der Waals surface area contributed by atoms with E-state index >= 15 is 0 Å². The van der Waals surface area contributed by atoms with Crippen molar-refractivity contribution in [2.24, 2.45) is 0 Å². The topological polar surface area (TPSA) is 41.1 Å². The predicted octanol–water partition coefficient (Wildman–Crippen LogP) is 1.91. The molecule has 0 amide bonds. The second-order valence-electron chi connectivity index (χ2n) is 3.28. The van der Waals surface area contributed by atoms with Gasteiger partial charge in [0.15, 0.2) is 0 Å². The van der Waals surface area contributed by atoms with Crippen molar-refractivity contribution in [1.29, 1.82) is 0 Å². The van der Waals surface area contributed by atoms with Crippen LogP contribution in [0.3, 0.4) is 0 Å². The zero-order chi connectivity index (χ0) is 12.2. The minimum absolute atomic E-state index is 0.121. The fraction of sp³-hybridized carbons (Fsp3) is 0.556. The molecule has 1 aromatic heterocycles. The lowest BCUT2D eigenvalue weighted by molar-refractivity contribution is -0.132. The summed E-state index contributed by atoms with van der Waals surface area (Å²) in [6, 6.07) is 1.57. The molecule has 0 aromatic carbocycles. The highest BCUT2D eigenvalue weighted by Crippen LogP contribution is 2.21. The molecule has 0 spiro atoms. The Kier molecular flexibility index (Phi) is 3.92. The van der Waals surface area contributed by atoms with E-state index in [1.165, 1.54) is 11.1 Å². The summed E-state index contributed by atoms with van der Waals surface area (Å²) in [5.74, 6) is 0.847. The van der Waals surface area contributed by atoms with Crippen molar-refractivity contribution in [3.63, 3.8) is 0 Å². The summed E-state index contributed by atoms with van der Waals surface area (Å²) in [6.07, 6.45) is -3.51. The zero-order valence-electron chi connectivity index (χ0n) is 9.04. The van der Waals surface area contributed by atoms with E-state index in [4.69, 9.17) is 0 Å². The van der Waals surface area contributed by atoms with Crippen molar-refractivity contribution in [2.45, 2.75) is 12.6 Å². The maximum atomic E-state index is 12.0. The number of nitrogens with zero attached hydrogens (tertiary/aromatic N) is 3. The average molecular weight is 234 g/mol. The number of alkyl halides is 3. The van der Waals surface area contributed by atoms with Crippen LogP contribution in [0.1, 0.15) is 6.42 Å². The molecule has 0 saturated heterocycles. The molecule has 4 nitrogen and oxygen atoms in total. The van der Waals surface area contributed by atoms with E-state index in [1.54, 1.807) is 20.2 Å². The molecule has 7 heteroatoms. The molecule has 0 atom stereocenters. The maximum absolute atomic E-state index is 12.0. The lowest BCUT2D eigenvalue weighted by Crippen LogP contribution is -2.25. The molecule has 1 heterocycles. The third-order valence-electron chi connectivity index (χ3n) is 1.99. The summed E-state index contributed by atoms with van der Waals surface area (Å²) >= 11 is 0. The third-order valence-corrected chi connectivity index (χ3v) is 1.99. The van der Waals surface area contributed by atoms with Crippen molar-refractivity contribution >= 4 is 11.8 Å². The van der Waals surface area contributed by atoms with Crippen molar-refractivity contribution in [3.8, 4) is 0 Å². The highest BCUT2D eigenvalue weighted by molar-refractivity contribution is 5.41. The Morgan fingerprint density at radius 2 is 2.12 bits per heavy atom. The van der Waals surface area contributed by atoms with Gasteiger partial charge >= 0.3 is 6.18 Å². The number of hydrogen-bond donors (Lipinski definition) is 1. The summed E-state index contributed by atoms with van der Waals surface area (Å²) in [5, 5.41) is 2.72. The van der Waals surface area contributed by atoms with Crippen LogP contribution in [0.15, 0.2) is 12.3 Å². The Hall–Kier alpha value is -1.53. The van der Waals surface area contributed by atoms with Gasteiger partial charge in [0.25, 0.3) is 0 Å². The first-order chi connectivity index (χ1) is 7.42. The van der Waals surface area contributed by atoms with Gasteiger partial charge < -0.3 is 10.2 Å². The molecule has 1 rings (SSSR count). The van der Waals surface area contributed by atoms with Gasteiger partial charge in [-0.25, -0.2) is 4.98 Å². The van der Waals surface area contributed by atoms with Crippen LogP contribution in [0.5, 0.6) is 0 Å². The van der Waals surface area contributed by atoms with Crippen LogP contribution in [0.4, 0.5) is 24.9 Å². The number of rotatable bonds is 4. The molecular formula is C9H13F3N4. The van der Waals surface area contributed by atoms with E-state index in [2.05, 4.69) is 15.3 Å². The average Bonchev–Trinajstić information content (AvgIpc) is 2.25. The van der Waals surface area contributed by atoms with Crippen LogP contribution in [0.2, 0.25) is 0 Å². The van der Waals surface area contributed by atoms with E-state index in [1.807, 2.05) is 0 Å². The molecule has 0 saturated carbocycles. The molecule has 0 aliphatic carbocycles. The van der Waals surface area contributed by atoms with Gasteiger partial charge in [0.1, 0.15) is 5.82 Å². The highest BCUT2D eigenvalue weighted by Gasteiger charge is 2.27. The summed E-state index contributed by atoms with van der Waals surface area (Å²) in [5.41, 5.74) is 0. The molecule has 0 fully saturated rings. The Morgan fingerprint density at radius 1 is 1.44 bits per heavy atom. The van der Waals surface area contributed by atoms with Gasteiger partial charge in [0.2, 0.25) is 5.95 Å². The van der Waals surface area contributed by atoms with E-state index < -0.39 is 12.6 Å². The number of aromatic nitrogens is 2. The summed E-state index contributed by atoms with van der Waals surface area (Å²) in [4.78, 5) is 9.35. The Morgan fingerprint density at radius 3 is 2.69 bits per heavy atom. The smallest absolute Gasteiger partial charge is 0.359 e.